The number of sulfonamides is 1. The van der Waals surface area contributed by atoms with Crippen LogP contribution in [-0.2, 0) is 21.3 Å². The van der Waals surface area contributed by atoms with E-state index in [-0.39, 0.29) is 23.7 Å². The number of nitro benzene ring substituents is 1. The lowest BCUT2D eigenvalue weighted by molar-refractivity contribution is -0.385. The van der Waals surface area contributed by atoms with Crippen LogP contribution in [0.5, 0.6) is 0 Å². The highest BCUT2D eigenvalue weighted by atomic mass is 32.2. The summed E-state index contributed by atoms with van der Waals surface area (Å²) in [4.78, 5) is 11.4. The molecule has 0 bridgehead atoms. The van der Waals surface area contributed by atoms with Crippen molar-refractivity contribution in [3.63, 3.8) is 0 Å². The molecule has 0 unspecified atom stereocenters. The summed E-state index contributed by atoms with van der Waals surface area (Å²) in [7, 11) is -3.85. The molecule has 0 atom stereocenters. The maximum Gasteiger partial charge on any atom is 0.270 e. The summed E-state index contributed by atoms with van der Waals surface area (Å²) in [5.41, 5.74) is 0.0963. The summed E-state index contributed by atoms with van der Waals surface area (Å²) in [5.74, 6) is 0. The molecule has 0 aliphatic carbocycles. The Morgan fingerprint density at radius 1 is 1.28 bits per heavy atom. The standard InChI is InChI=1S/C15H17N3O5S2/c19-18(20)12-3-4-14(16-11-13-2-1-9-24-13)15(10-12)25(21,22)17-5-7-23-8-6-17/h1-4,9-10,16H,5-8,11H2. The largest absolute Gasteiger partial charge is 0.379 e. The lowest BCUT2D eigenvalue weighted by Crippen LogP contribution is -2.40. The summed E-state index contributed by atoms with van der Waals surface area (Å²) in [6.45, 7) is 1.53. The highest BCUT2D eigenvalue weighted by molar-refractivity contribution is 7.89. The third-order valence-electron chi connectivity index (χ3n) is 3.80. The number of nitrogens with zero attached hydrogens (tertiary/aromatic N) is 2. The summed E-state index contributed by atoms with van der Waals surface area (Å²) < 4.78 is 32.4. The number of thiophene rings is 1. The topological polar surface area (TPSA) is 102 Å². The van der Waals surface area contributed by atoms with Gasteiger partial charge in [-0.25, -0.2) is 8.42 Å². The zero-order valence-corrected chi connectivity index (χ0v) is 14.9. The normalized spacial score (nSPS) is 15.8. The molecule has 1 N–H and O–H groups in total. The van der Waals surface area contributed by atoms with E-state index in [0.29, 0.717) is 25.4 Å². The molecule has 25 heavy (non-hydrogen) atoms. The molecule has 134 valence electrons. The van der Waals surface area contributed by atoms with Crippen molar-refractivity contribution >= 4 is 32.7 Å². The molecular formula is C15H17N3O5S2. The smallest absolute Gasteiger partial charge is 0.270 e. The molecule has 1 aliphatic rings. The number of hydrogen-bond acceptors (Lipinski definition) is 7. The van der Waals surface area contributed by atoms with Gasteiger partial charge in [0.15, 0.2) is 0 Å². The molecule has 0 spiro atoms. The highest BCUT2D eigenvalue weighted by Crippen LogP contribution is 2.30. The number of morpholine rings is 1. The van der Waals surface area contributed by atoms with Crippen LogP contribution in [0.4, 0.5) is 11.4 Å². The van der Waals surface area contributed by atoms with Crippen molar-refractivity contribution in [3.05, 3.63) is 50.7 Å². The molecular weight excluding hydrogens is 366 g/mol. The van der Waals surface area contributed by atoms with Gasteiger partial charge < -0.3 is 10.1 Å². The van der Waals surface area contributed by atoms with Crippen LogP contribution in [-0.4, -0.2) is 43.9 Å². The lowest BCUT2D eigenvalue weighted by Gasteiger charge is -2.27. The molecule has 3 rings (SSSR count). The zero-order chi connectivity index (χ0) is 17.9. The summed E-state index contributed by atoms with van der Waals surface area (Å²) in [5, 5.41) is 16.1. The number of hydrogen-bond donors (Lipinski definition) is 1. The maximum absolute atomic E-state index is 13.0. The molecule has 1 aliphatic heterocycles. The van der Waals surface area contributed by atoms with E-state index in [0.717, 1.165) is 10.9 Å². The van der Waals surface area contributed by atoms with E-state index < -0.39 is 14.9 Å². The molecule has 1 aromatic heterocycles. The van der Waals surface area contributed by atoms with Gasteiger partial charge in [0.25, 0.3) is 5.69 Å². The Morgan fingerprint density at radius 2 is 2.04 bits per heavy atom. The molecule has 1 fully saturated rings. The fourth-order valence-electron chi connectivity index (χ4n) is 2.51. The van der Waals surface area contributed by atoms with E-state index in [9.17, 15) is 18.5 Å². The van der Waals surface area contributed by atoms with Crippen molar-refractivity contribution in [1.29, 1.82) is 0 Å². The first kappa shape index (κ1) is 17.8. The Balaban J connectivity index is 1.95. The van der Waals surface area contributed by atoms with E-state index in [4.69, 9.17) is 4.74 Å². The number of nitrogens with one attached hydrogen (secondary N) is 1. The van der Waals surface area contributed by atoms with Crippen LogP contribution in [0.15, 0.2) is 40.6 Å². The minimum absolute atomic E-state index is 0.0832. The van der Waals surface area contributed by atoms with Crippen molar-refractivity contribution in [3.8, 4) is 0 Å². The Hall–Kier alpha value is -2.01. The van der Waals surface area contributed by atoms with E-state index in [1.54, 1.807) is 11.3 Å². The number of nitro groups is 1. The quantitative estimate of drug-likeness (QED) is 0.607. The van der Waals surface area contributed by atoms with Crippen LogP contribution in [0.25, 0.3) is 0 Å². The monoisotopic (exact) mass is 383 g/mol. The Kier molecular flexibility index (Phi) is 5.33. The van der Waals surface area contributed by atoms with Gasteiger partial charge in [0.05, 0.1) is 23.8 Å². The summed E-state index contributed by atoms with van der Waals surface area (Å²) >= 11 is 1.54. The molecule has 2 aromatic rings. The van der Waals surface area contributed by atoms with Gasteiger partial charge in [0.1, 0.15) is 4.90 Å². The Morgan fingerprint density at radius 3 is 2.68 bits per heavy atom. The van der Waals surface area contributed by atoms with E-state index in [1.807, 2.05) is 17.5 Å². The van der Waals surface area contributed by atoms with Crippen molar-refractivity contribution in [2.45, 2.75) is 11.4 Å². The number of rotatable bonds is 6. The molecule has 0 amide bonds. The van der Waals surface area contributed by atoms with Crippen molar-refractivity contribution in [2.24, 2.45) is 0 Å². The first-order valence-electron chi connectivity index (χ1n) is 7.61. The van der Waals surface area contributed by atoms with Gasteiger partial charge in [0.2, 0.25) is 10.0 Å². The lowest BCUT2D eigenvalue weighted by atomic mass is 10.3. The minimum atomic E-state index is -3.85. The average molecular weight is 383 g/mol. The van der Waals surface area contributed by atoms with Gasteiger partial charge in [-0.1, -0.05) is 6.07 Å². The zero-order valence-electron chi connectivity index (χ0n) is 13.3. The molecule has 0 saturated carbocycles. The predicted octanol–water partition coefficient (Wildman–Crippen LogP) is 2.29. The Bertz CT molecular complexity index is 846. The van der Waals surface area contributed by atoms with Gasteiger partial charge >= 0.3 is 0 Å². The van der Waals surface area contributed by atoms with E-state index >= 15 is 0 Å². The molecule has 0 radical (unpaired) electrons. The van der Waals surface area contributed by atoms with Crippen molar-refractivity contribution < 1.29 is 18.1 Å². The number of benzene rings is 1. The second-order valence-electron chi connectivity index (χ2n) is 5.39. The first-order chi connectivity index (χ1) is 12.0. The Labute approximate surface area is 149 Å². The van der Waals surface area contributed by atoms with Crippen LogP contribution in [0, 0.1) is 10.1 Å². The van der Waals surface area contributed by atoms with Crippen molar-refractivity contribution in [2.75, 3.05) is 31.6 Å². The molecule has 2 heterocycles. The number of anilines is 1. The fourth-order valence-corrected chi connectivity index (χ4v) is 4.75. The second kappa shape index (κ2) is 7.48. The van der Waals surface area contributed by atoms with E-state index in [2.05, 4.69) is 5.32 Å². The predicted molar refractivity (Wildman–Crippen MR) is 94.3 cm³/mol. The van der Waals surface area contributed by atoms with Crippen LogP contribution in [0.1, 0.15) is 4.88 Å². The SMILES string of the molecule is O=[N+]([O-])c1ccc(NCc2cccs2)c(S(=O)(=O)N2CCOCC2)c1. The van der Waals surface area contributed by atoms with Gasteiger partial charge in [-0.05, 0) is 17.5 Å². The first-order valence-corrected chi connectivity index (χ1v) is 9.93. The van der Waals surface area contributed by atoms with Gasteiger partial charge in [-0.15, -0.1) is 11.3 Å². The van der Waals surface area contributed by atoms with Crippen molar-refractivity contribution in [1.82, 2.24) is 4.31 Å². The summed E-state index contributed by atoms with van der Waals surface area (Å²) in [6.07, 6.45) is 0. The maximum atomic E-state index is 13.0. The van der Waals surface area contributed by atoms with Crippen LogP contribution < -0.4 is 5.32 Å². The second-order valence-corrected chi connectivity index (χ2v) is 8.33. The number of ether oxygens (including phenoxy) is 1. The fraction of sp³-hybridized carbons (Fsp3) is 0.333. The van der Waals surface area contributed by atoms with Gasteiger partial charge in [-0.2, -0.15) is 4.31 Å². The van der Waals surface area contributed by atoms with Gasteiger partial charge in [0, 0.05) is 36.6 Å². The molecule has 10 heteroatoms. The summed E-state index contributed by atoms with van der Waals surface area (Å²) in [6, 6.07) is 7.69. The third-order valence-corrected chi connectivity index (χ3v) is 6.61. The van der Waals surface area contributed by atoms with Crippen LogP contribution in [0.3, 0.4) is 0 Å². The average Bonchev–Trinajstić information content (AvgIpc) is 3.14. The molecule has 8 nitrogen and oxygen atoms in total. The molecule has 1 saturated heterocycles. The highest BCUT2D eigenvalue weighted by Gasteiger charge is 2.30. The van der Waals surface area contributed by atoms with Crippen LogP contribution in [0.2, 0.25) is 0 Å². The minimum Gasteiger partial charge on any atom is -0.379 e. The molecule has 1 aromatic carbocycles. The third kappa shape index (κ3) is 3.98. The van der Waals surface area contributed by atoms with E-state index in [1.165, 1.54) is 16.4 Å². The van der Waals surface area contributed by atoms with Gasteiger partial charge in [-0.3, -0.25) is 10.1 Å². The number of non-ortho nitro benzene ring substituents is 1. The van der Waals surface area contributed by atoms with Crippen LogP contribution >= 0.6 is 11.3 Å².